The predicted octanol–water partition coefficient (Wildman–Crippen LogP) is 6.62. The van der Waals surface area contributed by atoms with Crippen molar-refractivity contribution in [2.45, 2.75) is 58.8 Å². The molecule has 4 rings (SSSR count). The van der Waals surface area contributed by atoms with E-state index >= 15 is 0 Å². The van der Waals surface area contributed by atoms with Crippen LogP contribution in [0.25, 0.3) is 0 Å². The zero-order valence-corrected chi connectivity index (χ0v) is 21.9. The van der Waals surface area contributed by atoms with Gasteiger partial charge in [-0.15, -0.1) is 0 Å². The molecule has 0 bridgehead atoms. The summed E-state index contributed by atoms with van der Waals surface area (Å²) < 4.78 is 14.0. The van der Waals surface area contributed by atoms with Gasteiger partial charge in [0.25, 0.3) is 0 Å². The summed E-state index contributed by atoms with van der Waals surface area (Å²) in [5, 5.41) is 6.89. The number of para-hydroxylation sites is 2. The van der Waals surface area contributed by atoms with Crippen LogP contribution in [0.4, 0.5) is 20.6 Å². The Hall–Kier alpha value is -2.67. The van der Waals surface area contributed by atoms with Crippen molar-refractivity contribution in [1.82, 2.24) is 9.80 Å². The molecule has 0 radical (unpaired) electrons. The van der Waals surface area contributed by atoms with E-state index in [1.165, 1.54) is 17.2 Å². The van der Waals surface area contributed by atoms with Crippen LogP contribution in [0.1, 0.15) is 63.5 Å². The molecule has 2 aromatic rings. The van der Waals surface area contributed by atoms with Gasteiger partial charge in [-0.2, -0.15) is 0 Å². The number of piperidine rings is 1. The Labute approximate surface area is 214 Å². The third-order valence-electron chi connectivity index (χ3n) is 7.51. The molecule has 35 heavy (non-hydrogen) atoms. The molecule has 2 N–H and O–H groups in total. The molecule has 2 aromatic carbocycles. The van der Waals surface area contributed by atoms with Crippen molar-refractivity contribution in [3.05, 3.63) is 59.4 Å². The van der Waals surface area contributed by atoms with Crippen molar-refractivity contribution in [3.63, 3.8) is 0 Å². The number of benzene rings is 2. The van der Waals surface area contributed by atoms with Gasteiger partial charge in [-0.25, -0.2) is 9.18 Å². The highest BCUT2D eigenvalue weighted by atomic mass is 32.1. The maximum Gasteiger partial charge on any atom is 0.321 e. The quantitative estimate of drug-likeness (QED) is 0.457. The minimum Gasteiger partial charge on any atom is -0.349 e. The van der Waals surface area contributed by atoms with Crippen LogP contribution in [0.15, 0.2) is 42.5 Å². The number of rotatable bonds is 5. The van der Waals surface area contributed by atoms with E-state index < -0.39 is 0 Å². The van der Waals surface area contributed by atoms with Crippen molar-refractivity contribution in [2.75, 3.05) is 36.8 Å². The highest BCUT2D eigenvalue weighted by Gasteiger charge is 2.42. The summed E-state index contributed by atoms with van der Waals surface area (Å²) in [6.07, 6.45) is 4.95. The maximum absolute atomic E-state index is 14.0. The molecule has 2 amide bonds. The van der Waals surface area contributed by atoms with Gasteiger partial charge in [0, 0.05) is 31.9 Å². The average molecular weight is 497 g/mol. The molecule has 2 aliphatic rings. The van der Waals surface area contributed by atoms with Crippen LogP contribution in [0.3, 0.4) is 0 Å². The largest absolute Gasteiger partial charge is 0.349 e. The molecule has 188 valence electrons. The van der Waals surface area contributed by atoms with Gasteiger partial charge in [0.1, 0.15) is 5.82 Å². The molecule has 2 aliphatic heterocycles. The normalized spacial score (nSPS) is 17.2. The van der Waals surface area contributed by atoms with Crippen LogP contribution in [0.2, 0.25) is 0 Å². The predicted molar refractivity (Wildman–Crippen MR) is 146 cm³/mol. The number of hydrogen-bond acceptors (Lipinski definition) is 2. The Bertz CT molecular complexity index is 1060. The summed E-state index contributed by atoms with van der Waals surface area (Å²) >= 11 is 5.56. The van der Waals surface area contributed by atoms with Gasteiger partial charge < -0.3 is 20.4 Å². The van der Waals surface area contributed by atoms with Crippen LogP contribution in [0.5, 0.6) is 0 Å². The van der Waals surface area contributed by atoms with Crippen molar-refractivity contribution in [2.24, 2.45) is 5.41 Å². The number of nitrogens with one attached hydrogen (secondary N) is 2. The number of hydrogen-bond donors (Lipinski definition) is 2. The van der Waals surface area contributed by atoms with Gasteiger partial charge in [0.15, 0.2) is 5.11 Å². The second kappa shape index (κ2) is 10.9. The molecule has 1 spiro atoms. The van der Waals surface area contributed by atoms with Crippen LogP contribution >= 0.6 is 12.2 Å². The number of carbonyl (C=O) groups excluding carboxylic acids is 1. The van der Waals surface area contributed by atoms with E-state index in [1.807, 2.05) is 4.90 Å². The van der Waals surface area contributed by atoms with Gasteiger partial charge in [-0.05, 0) is 72.5 Å². The number of likely N-dealkylation sites (tertiary alicyclic amines) is 2. The molecule has 0 saturated carbocycles. The molecule has 2 saturated heterocycles. The highest BCUT2D eigenvalue weighted by Crippen LogP contribution is 2.41. The first-order chi connectivity index (χ1) is 16.8. The summed E-state index contributed by atoms with van der Waals surface area (Å²) in [5.41, 5.74) is 3.94. The zero-order chi connectivity index (χ0) is 25.0. The van der Waals surface area contributed by atoms with Crippen molar-refractivity contribution < 1.29 is 9.18 Å². The van der Waals surface area contributed by atoms with Gasteiger partial charge in [0.2, 0.25) is 0 Å². The molecule has 5 nitrogen and oxygen atoms in total. The first-order valence-corrected chi connectivity index (χ1v) is 13.2. The Kier molecular flexibility index (Phi) is 7.95. The van der Waals surface area contributed by atoms with E-state index in [4.69, 9.17) is 12.2 Å². The number of amides is 2. The first kappa shape index (κ1) is 25.4. The van der Waals surface area contributed by atoms with E-state index in [1.54, 1.807) is 18.2 Å². The topological polar surface area (TPSA) is 47.6 Å². The number of thiocarbonyl (C=S) groups is 1. The van der Waals surface area contributed by atoms with Crippen LogP contribution in [-0.2, 0) is 6.42 Å². The lowest BCUT2D eigenvalue weighted by Gasteiger charge is -2.40. The monoisotopic (exact) mass is 496 g/mol. The van der Waals surface area contributed by atoms with Gasteiger partial charge in [-0.3, -0.25) is 0 Å². The number of aryl methyl sites for hydroxylation is 1. The summed E-state index contributed by atoms with van der Waals surface area (Å²) in [7, 11) is 0. The third kappa shape index (κ3) is 5.77. The summed E-state index contributed by atoms with van der Waals surface area (Å²) in [5.74, 6) is 0.0417. The second-order valence-corrected chi connectivity index (χ2v) is 10.7. The molecule has 0 aliphatic carbocycles. The molecule has 7 heteroatoms. The molecule has 0 atom stereocenters. The first-order valence-electron chi connectivity index (χ1n) is 12.8. The number of urea groups is 1. The lowest BCUT2D eigenvalue weighted by Crippen LogP contribution is -2.46. The van der Waals surface area contributed by atoms with Gasteiger partial charge >= 0.3 is 6.03 Å². The van der Waals surface area contributed by atoms with Gasteiger partial charge in [-0.1, -0.05) is 57.5 Å². The molecular formula is C28H37FN4OS. The zero-order valence-electron chi connectivity index (χ0n) is 21.1. The SMILES string of the molecule is CCCc1cccc(C(C)C)c1NC(=O)N1CCC2(CCN(C(=S)Nc3ccccc3F)CC2)C1. The van der Waals surface area contributed by atoms with Crippen LogP contribution in [0, 0.1) is 11.2 Å². The maximum atomic E-state index is 14.0. The molecule has 0 unspecified atom stereocenters. The van der Waals surface area contributed by atoms with E-state index in [-0.39, 0.29) is 17.3 Å². The van der Waals surface area contributed by atoms with E-state index in [0.29, 0.717) is 16.7 Å². The fraction of sp³-hybridized carbons (Fsp3) is 0.500. The minimum atomic E-state index is -0.304. The molecule has 2 fully saturated rings. The number of nitrogens with zero attached hydrogens (tertiary/aromatic N) is 2. The minimum absolute atomic E-state index is 0.00602. The fourth-order valence-electron chi connectivity index (χ4n) is 5.37. The molecular weight excluding hydrogens is 459 g/mol. The second-order valence-electron chi connectivity index (χ2n) is 10.3. The standard InChI is InChI=1S/C28H37FN4OS/c1-4-8-21-9-7-10-22(20(2)3)25(21)31-26(34)33-18-15-28(19-33)13-16-32(17-14-28)27(35)30-24-12-6-5-11-23(24)29/h5-7,9-12,20H,4,8,13-19H2,1-3H3,(H,30,35)(H,31,34). The smallest absolute Gasteiger partial charge is 0.321 e. The summed E-state index contributed by atoms with van der Waals surface area (Å²) in [4.78, 5) is 17.4. The van der Waals surface area contributed by atoms with Crippen LogP contribution < -0.4 is 10.6 Å². The number of carbonyl (C=O) groups is 1. The summed E-state index contributed by atoms with van der Waals surface area (Å²) in [6.45, 7) is 9.68. The van der Waals surface area contributed by atoms with Crippen molar-refractivity contribution in [1.29, 1.82) is 0 Å². The van der Waals surface area contributed by atoms with Gasteiger partial charge in [0.05, 0.1) is 5.69 Å². The Morgan fingerprint density at radius 1 is 1.03 bits per heavy atom. The molecule has 2 heterocycles. The lowest BCUT2D eigenvalue weighted by atomic mass is 9.78. The van der Waals surface area contributed by atoms with E-state index in [0.717, 1.165) is 64.0 Å². The average Bonchev–Trinajstić information content (AvgIpc) is 3.25. The third-order valence-corrected chi connectivity index (χ3v) is 7.87. The van der Waals surface area contributed by atoms with Crippen molar-refractivity contribution in [3.8, 4) is 0 Å². The van der Waals surface area contributed by atoms with E-state index in [2.05, 4.69) is 54.5 Å². The molecule has 0 aromatic heterocycles. The van der Waals surface area contributed by atoms with Crippen molar-refractivity contribution >= 4 is 34.7 Å². The van der Waals surface area contributed by atoms with E-state index in [9.17, 15) is 9.18 Å². The lowest BCUT2D eigenvalue weighted by molar-refractivity contribution is 0.154. The fourth-order valence-corrected chi connectivity index (χ4v) is 5.67. The number of halogens is 1. The Morgan fingerprint density at radius 2 is 1.71 bits per heavy atom. The summed E-state index contributed by atoms with van der Waals surface area (Å²) in [6, 6.07) is 12.9. The highest BCUT2D eigenvalue weighted by molar-refractivity contribution is 7.80. The number of anilines is 2. The van der Waals surface area contributed by atoms with Crippen LogP contribution in [-0.4, -0.2) is 47.1 Å². The Balaban J connectivity index is 1.35. The Morgan fingerprint density at radius 3 is 2.37 bits per heavy atom.